The molecule has 0 saturated heterocycles. The summed E-state index contributed by atoms with van der Waals surface area (Å²) in [5.74, 6) is 0. The summed E-state index contributed by atoms with van der Waals surface area (Å²) in [7, 11) is -1.71. The van der Waals surface area contributed by atoms with Gasteiger partial charge in [-0.1, -0.05) is 0 Å². The summed E-state index contributed by atoms with van der Waals surface area (Å²) in [6.45, 7) is 0.897. The average Bonchev–Trinajstić information content (AvgIpc) is 2.29. The standard InChI is InChI=1S/C10H13N3O2S.ClH/c1-12-6-7-13-16(14,15)10-4-2-9(8-11)3-5-10;/h2-5,12-13H,6-7H2,1H3;1H. The van der Waals surface area contributed by atoms with Crippen LogP contribution < -0.4 is 10.0 Å². The Hall–Kier alpha value is -1.13. The minimum atomic E-state index is -3.46. The second-order valence-electron chi connectivity index (χ2n) is 3.14. The van der Waals surface area contributed by atoms with E-state index in [1.807, 2.05) is 6.07 Å². The fraction of sp³-hybridized carbons (Fsp3) is 0.300. The second kappa shape index (κ2) is 7.25. The molecular weight excluding hydrogens is 262 g/mol. The Bertz CT molecular complexity index is 479. The Kier molecular flexibility index (Phi) is 6.76. The van der Waals surface area contributed by atoms with E-state index in [2.05, 4.69) is 10.0 Å². The molecule has 1 rings (SSSR count). The number of nitrogens with one attached hydrogen (secondary N) is 2. The number of halogens is 1. The number of rotatable bonds is 5. The molecule has 0 heterocycles. The topological polar surface area (TPSA) is 82.0 Å². The zero-order valence-electron chi connectivity index (χ0n) is 9.30. The van der Waals surface area contributed by atoms with Gasteiger partial charge in [-0.05, 0) is 31.3 Å². The van der Waals surface area contributed by atoms with Crippen molar-refractivity contribution in [3.05, 3.63) is 29.8 Å². The first-order valence-electron chi connectivity index (χ1n) is 4.74. The van der Waals surface area contributed by atoms with Crippen LogP contribution in [-0.2, 0) is 10.0 Å². The fourth-order valence-electron chi connectivity index (χ4n) is 1.10. The van der Waals surface area contributed by atoms with Crippen molar-refractivity contribution in [3.8, 4) is 6.07 Å². The number of benzene rings is 1. The molecular formula is C10H14ClN3O2S. The molecule has 17 heavy (non-hydrogen) atoms. The summed E-state index contributed by atoms with van der Waals surface area (Å²) in [6.07, 6.45) is 0. The van der Waals surface area contributed by atoms with E-state index < -0.39 is 10.0 Å². The third kappa shape index (κ3) is 4.71. The monoisotopic (exact) mass is 275 g/mol. The molecule has 0 unspecified atom stereocenters. The minimum absolute atomic E-state index is 0. The number of nitriles is 1. The van der Waals surface area contributed by atoms with Crippen molar-refractivity contribution in [2.45, 2.75) is 4.90 Å². The zero-order chi connectivity index (χ0) is 12.0. The van der Waals surface area contributed by atoms with Crippen LogP contribution in [0.25, 0.3) is 0 Å². The van der Waals surface area contributed by atoms with E-state index in [9.17, 15) is 8.42 Å². The maximum absolute atomic E-state index is 11.7. The Balaban J connectivity index is 0.00000256. The van der Waals surface area contributed by atoms with Crippen molar-refractivity contribution < 1.29 is 8.42 Å². The Morgan fingerprint density at radius 1 is 1.24 bits per heavy atom. The highest BCUT2D eigenvalue weighted by Crippen LogP contribution is 2.09. The van der Waals surface area contributed by atoms with Gasteiger partial charge in [0.25, 0.3) is 0 Å². The van der Waals surface area contributed by atoms with Crippen molar-refractivity contribution in [1.29, 1.82) is 5.26 Å². The summed E-state index contributed by atoms with van der Waals surface area (Å²) >= 11 is 0. The number of sulfonamides is 1. The lowest BCUT2D eigenvalue weighted by Gasteiger charge is -2.05. The highest BCUT2D eigenvalue weighted by Gasteiger charge is 2.12. The van der Waals surface area contributed by atoms with E-state index in [0.717, 1.165) is 0 Å². The molecule has 0 atom stereocenters. The minimum Gasteiger partial charge on any atom is -0.318 e. The maximum Gasteiger partial charge on any atom is 0.240 e. The molecule has 7 heteroatoms. The van der Waals surface area contributed by atoms with Gasteiger partial charge in [0.2, 0.25) is 10.0 Å². The SMILES string of the molecule is CNCCNS(=O)(=O)c1ccc(C#N)cc1.Cl. The van der Waals surface area contributed by atoms with E-state index in [1.54, 1.807) is 7.05 Å². The highest BCUT2D eigenvalue weighted by atomic mass is 35.5. The van der Waals surface area contributed by atoms with Gasteiger partial charge >= 0.3 is 0 Å². The summed E-state index contributed by atoms with van der Waals surface area (Å²) in [5.41, 5.74) is 0.439. The van der Waals surface area contributed by atoms with Gasteiger partial charge in [0, 0.05) is 13.1 Å². The van der Waals surface area contributed by atoms with Gasteiger partial charge < -0.3 is 5.32 Å². The molecule has 0 aromatic heterocycles. The van der Waals surface area contributed by atoms with E-state index in [-0.39, 0.29) is 17.3 Å². The summed E-state index contributed by atoms with van der Waals surface area (Å²) in [5, 5.41) is 11.4. The predicted molar refractivity (Wildman–Crippen MR) is 67.5 cm³/mol. The molecule has 0 spiro atoms. The van der Waals surface area contributed by atoms with Crippen LogP contribution in [0.1, 0.15) is 5.56 Å². The van der Waals surface area contributed by atoms with E-state index in [0.29, 0.717) is 18.7 Å². The lowest BCUT2D eigenvalue weighted by Crippen LogP contribution is -2.30. The molecule has 2 N–H and O–H groups in total. The van der Waals surface area contributed by atoms with Crippen molar-refractivity contribution in [3.63, 3.8) is 0 Å². The molecule has 1 aromatic carbocycles. The van der Waals surface area contributed by atoms with Crippen LogP contribution in [0.15, 0.2) is 29.2 Å². The van der Waals surface area contributed by atoms with Crippen LogP contribution in [0.5, 0.6) is 0 Å². The molecule has 0 aliphatic heterocycles. The summed E-state index contributed by atoms with van der Waals surface area (Å²) in [6, 6.07) is 7.72. The van der Waals surface area contributed by atoms with Crippen LogP contribution >= 0.6 is 12.4 Å². The molecule has 0 radical (unpaired) electrons. The van der Waals surface area contributed by atoms with Crippen molar-refractivity contribution in [2.24, 2.45) is 0 Å². The second-order valence-corrected chi connectivity index (χ2v) is 4.90. The normalized spacial score (nSPS) is 10.4. The average molecular weight is 276 g/mol. The van der Waals surface area contributed by atoms with E-state index in [4.69, 9.17) is 5.26 Å². The van der Waals surface area contributed by atoms with Crippen molar-refractivity contribution in [2.75, 3.05) is 20.1 Å². The highest BCUT2D eigenvalue weighted by molar-refractivity contribution is 7.89. The van der Waals surface area contributed by atoms with Gasteiger partial charge in [-0.2, -0.15) is 5.26 Å². The first-order valence-corrected chi connectivity index (χ1v) is 6.23. The molecule has 0 aliphatic carbocycles. The molecule has 0 fully saturated rings. The summed E-state index contributed by atoms with van der Waals surface area (Å²) in [4.78, 5) is 0.169. The number of likely N-dealkylation sites (N-methyl/N-ethyl adjacent to an activating group) is 1. The molecule has 5 nitrogen and oxygen atoms in total. The quantitative estimate of drug-likeness (QED) is 0.766. The first kappa shape index (κ1) is 15.9. The van der Waals surface area contributed by atoms with Crippen LogP contribution in [0.4, 0.5) is 0 Å². The number of nitrogens with zero attached hydrogens (tertiary/aromatic N) is 1. The first-order chi connectivity index (χ1) is 7.60. The summed E-state index contributed by atoms with van der Waals surface area (Å²) < 4.78 is 25.8. The van der Waals surface area contributed by atoms with E-state index in [1.165, 1.54) is 24.3 Å². The molecule has 0 saturated carbocycles. The van der Waals surface area contributed by atoms with Gasteiger partial charge in [-0.15, -0.1) is 12.4 Å². The zero-order valence-corrected chi connectivity index (χ0v) is 10.9. The third-order valence-electron chi connectivity index (χ3n) is 1.96. The fourth-order valence-corrected chi connectivity index (χ4v) is 2.13. The lowest BCUT2D eigenvalue weighted by atomic mass is 10.2. The molecule has 0 bridgehead atoms. The Morgan fingerprint density at radius 2 is 1.82 bits per heavy atom. The van der Waals surface area contributed by atoms with Gasteiger partial charge in [0.15, 0.2) is 0 Å². The molecule has 0 amide bonds. The van der Waals surface area contributed by atoms with Crippen LogP contribution in [0.2, 0.25) is 0 Å². The number of hydrogen-bond donors (Lipinski definition) is 2. The number of hydrogen-bond acceptors (Lipinski definition) is 4. The van der Waals surface area contributed by atoms with Gasteiger partial charge in [-0.3, -0.25) is 0 Å². The largest absolute Gasteiger partial charge is 0.318 e. The van der Waals surface area contributed by atoms with Crippen molar-refractivity contribution >= 4 is 22.4 Å². The predicted octanol–water partition coefficient (Wildman–Crippen LogP) is 0.478. The maximum atomic E-state index is 11.7. The van der Waals surface area contributed by atoms with Crippen LogP contribution in [0.3, 0.4) is 0 Å². The molecule has 1 aromatic rings. The van der Waals surface area contributed by atoms with Crippen LogP contribution in [-0.4, -0.2) is 28.6 Å². The van der Waals surface area contributed by atoms with Crippen molar-refractivity contribution in [1.82, 2.24) is 10.0 Å². The third-order valence-corrected chi connectivity index (χ3v) is 3.44. The molecule has 94 valence electrons. The Morgan fingerprint density at radius 3 is 2.29 bits per heavy atom. The Labute approximate surface area is 107 Å². The van der Waals surface area contributed by atoms with Gasteiger partial charge in [0.05, 0.1) is 16.5 Å². The van der Waals surface area contributed by atoms with Gasteiger partial charge in [0.1, 0.15) is 0 Å². The lowest BCUT2D eigenvalue weighted by molar-refractivity contribution is 0.579. The molecule has 0 aliphatic rings. The van der Waals surface area contributed by atoms with E-state index >= 15 is 0 Å². The smallest absolute Gasteiger partial charge is 0.240 e. The van der Waals surface area contributed by atoms with Gasteiger partial charge in [-0.25, -0.2) is 13.1 Å². The van der Waals surface area contributed by atoms with Crippen LogP contribution in [0, 0.1) is 11.3 Å².